The lowest BCUT2D eigenvalue weighted by Crippen LogP contribution is -2.13. The molecule has 86 valence electrons. The molecule has 1 rings (SSSR count). The molecule has 0 radical (unpaired) electrons. The number of nitrogens with two attached hydrogens (primary N) is 2. The van der Waals surface area contributed by atoms with Gasteiger partial charge in [-0.15, -0.1) is 12.4 Å². The van der Waals surface area contributed by atoms with E-state index in [0.29, 0.717) is 18.5 Å². The fourth-order valence-corrected chi connectivity index (χ4v) is 1.31. The number of benzene rings is 1. The maximum absolute atomic E-state index is 13.3. The summed E-state index contributed by atoms with van der Waals surface area (Å²) >= 11 is 0. The van der Waals surface area contributed by atoms with Crippen LogP contribution >= 0.6 is 12.4 Å². The van der Waals surface area contributed by atoms with Crippen LogP contribution in [0.15, 0.2) is 18.2 Å². The minimum atomic E-state index is -0.463. The summed E-state index contributed by atoms with van der Waals surface area (Å²) in [6, 6.07) is 3.66. The van der Waals surface area contributed by atoms with Crippen molar-refractivity contribution in [2.45, 2.75) is 18.9 Å². The van der Waals surface area contributed by atoms with Gasteiger partial charge in [0, 0.05) is 17.7 Å². The predicted molar refractivity (Wildman–Crippen MR) is 60.5 cm³/mol. The fraction of sp³-hybridized carbons (Fsp3) is 0.400. The van der Waals surface area contributed by atoms with E-state index in [0.717, 1.165) is 12.5 Å². The van der Waals surface area contributed by atoms with Crippen LogP contribution < -0.4 is 11.5 Å². The quantitative estimate of drug-likeness (QED) is 0.743. The lowest BCUT2D eigenvalue weighted by molar-refractivity contribution is 0.465. The molecule has 0 heterocycles. The average molecular weight is 235 g/mol. The molecule has 0 saturated carbocycles. The van der Waals surface area contributed by atoms with Crippen molar-refractivity contribution >= 4 is 12.4 Å². The highest BCUT2D eigenvalue weighted by Gasteiger charge is 2.10. The fourth-order valence-electron chi connectivity index (χ4n) is 1.31. The Balaban J connectivity index is 0.00000196. The first-order chi connectivity index (χ1) is 6.65. The second-order valence-corrected chi connectivity index (χ2v) is 3.24. The molecule has 5 N–H and O–H groups in total. The van der Waals surface area contributed by atoms with Gasteiger partial charge >= 0.3 is 0 Å². The van der Waals surface area contributed by atoms with E-state index in [4.69, 9.17) is 16.6 Å². The van der Waals surface area contributed by atoms with Crippen molar-refractivity contribution in [3.63, 3.8) is 0 Å². The van der Waals surface area contributed by atoms with E-state index in [9.17, 15) is 4.39 Å². The first-order valence-corrected chi connectivity index (χ1v) is 4.59. The number of phenols is 1. The van der Waals surface area contributed by atoms with Gasteiger partial charge in [-0.05, 0) is 25.5 Å². The van der Waals surface area contributed by atoms with Crippen molar-refractivity contribution in [3.05, 3.63) is 29.6 Å². The van der Waals surface area contributed by atoms with Crippen LogP contribution in [0.25, 0.3) is 0 Å². The van der Waals surface area contributed by atoms with Gasteiger partial charge in [-0.25, -0.2) is 4.39 Å². The lowest BCUT2D eigenvalue weighted by atomic mass is 10.0. The molecule has 0 aromatic heterocycles. The predicted octanol–water partition coefficient (Wildman–Crippen LogP) is 1.69. The van der Waals surface area contributed by atoms with E-state index < -0.39 is 5.82 Å². The number of hydrogen-bond acceptors (Lipinski definition) is 3. The van der Waals surface area contributed by atoms with Gasteiger partial charge in [0.15, 0.2) is 0 Å². The van der Waals surface area contributed by atoms with Crippen LogP contribution in [0.3, 0.4) is 0 Å². The molecule has 0 unspecified atom stereocenters. The standard InChI is InChI=1S/C10H15FN2O.ClH/c11-9-6-7(14)3-4-8(9)10(13)2-1-5-12;/h3-4,6,10,14H,1-2,5,12-13H2;1H/t10-;/m1./s1. The third-order valence-electron chi connectivity index (χ3n) is 2.10. The summed E-state index contributed by atoms with van der Waals surface area (Å²) in [5, 5.41) is 8.99. The minimum Gasteiger partial charge on any atom is -0.508 e. The summed E-state index contributed by atoms with van der Waals surface area (Å²) in [5.41, 5.74) is 11.5. The molecule has 15 heavy (non-hydrogen) atoms. The van der Waals surface area contributed by atoms with Crippen molar-refractivity contribution in [2.24, 2.45) is 11.5 Å². The minimum absolute atomic E-state index is 0. The zero-order valence-corrected chi connectivity index (χ0v) is 9.14. The highest BCUT2D eigenvalue weighted by molar-refractivity contribution is 5.85. The summed E-state index contributed by atoms with van der Waals surface area (Å²) < 4.78 is 13.3. The molecule has 0 bridgehead atoms. The Morgan fingerprint density at radius 1 is 1.40 bits per heavy atom. The van der Waals surface area contributed by atoms with Gasteiger partial charge < -0.3 is 16.6 Å². The molecule has 1 aromatic rings. The monoisotopic (exact) mass is 234 g/mol. The second kappa shape index (κ2) is 6.61. The van der Waals surface area contributed by atoms with Crippen molar-refractivity contribution in [1.82, 2.24) is 0 Å². The average Bonchev–Trinajstić information content (AvgIpc) is 2.14. The number of rotatable bonds is 4. The molecule has 0 spiro atoms. The van der Waals surface area contributed by atoms with E-state index in [-0.39, 0.29) is 24.2 Å². The number of halogens is 2. The third-order valence-corrected chi connectivity index (χ3v) is 2.10. The van der Waals surface area contributed by atoms with Gasteiger partial charge in [0.05, 0.1) is 0 Å². The van der Waals surface area contributed by atoms with Crippen molar-refractivity contribution in [3.8, 4) is 5.75 Å². The molecular formula is C10H16ClFN2O. The van der Waals surface area contributed by atoms with Gasteiger partial charge in [-0.3, -0.25) is 0 Å². The summed E-state index contributed by atoms with van der Waals surface area (Å²) in [7, 11) is 0. The van der Waals surface area contributed by atoms with Gasteiger partial charge in [0.2, 0.25) is 0 Å². The summed E-state index contributed by atoms with van der Waals surface area (Å²) in [5.74, 6) is -0.549. The molecule has 0 aliphatic carbocycles. The van der Waals surface area contributed by atoms with Crippen LogP contribution in [-0.4, -0.2) is 11.7 Å². The topological polar surface area (TPSA) is 72.3 Å². The maximum Gasteiger partial charge on any atom is 0.131 e. The van der Waals surface area contributed by atoms with Crippen LogP contribution in [0, 0.1) is 5.82 Å². The van der Waals surface area contributed by atoms with Crippen LogP contribution in [-0.2, 0) is 0 Å². The Morgan fingerprint density at radius 2 is 2.07 bits per heavy atom. The molecule has 1 aromatic carbocycles. The van der Waals surface area contributed by atoms with Gasteiger partial charge in [-0.2, -0.15) is 0 Å². The SMILES string of the molecule is Cl.NCCC[C@@H](N)c1ccc(O)cc1F. The van der Waals surface area contributed by atoms with Crippen LogP contribution in [0.4, 0.5) is 4.39 Å². The molecular weight excluding hydrogens is 219 g/mol. The second-order valence-electron chi connectivity index (χ2n) is 3.24. The number of aromatic hydroxyl groups is 1. The Labute approximate surface area is 94.7 Å². The van der Waals surface area contributed by atoms with Gasteiger partial charge in [-0.1, -0.05) is 6.07 Å². The first kappa shape index (κ1) is 14.2. The Hall–Kier alpha value is -0.840. The largest absolute Gasteiger partial charge is 0.508 e. The highest BCUT2D eigenvalue weighted by atomic mass is 35.5. The molecule has 0 aliphatic heterocycles. The zero-order chi connectivity index (χ0) is 10.6. The highest BCUT2D eigenvalue weighted by Crippen LogP contribution is 2.22. The molecule has 0 saturated heterocycles. The van der Waals surface area contributed by atoms with E-state index in [1.54, 1.807) is 0 Å². The third kappa shape index (κ3) is 4.03. The molecule has 0 amide bonds. The van der Waals surface area contributed by atoms with E-state index in [2.05, 4.69) is 0 Å². The summed E-state index contributed by atoms with van der Waals surface area (Å²) in [4.78, 5) is 0. The van der Waals surface area contributed by atoms with Crippen LogP contribution in [0.5, 0.6) is 5.75 Å². The summed E-state index contributed by atoms with van der Waals surface area (Å²) in [6.07, 6.45) is 1.42. The Bertz CT molecular complexity index is 309. The first-order valence-electron chi connectivity index (χ1n) is 4.59. The van der Waals surface area contributed by atoms with E-state index in [1.165, 1.54) is 12.1 Å². The normalized spacial score (nSPS) is 11.9. The van der Waals surface area contributed by atoms with Gasteiger partial charge in [0.1, 0.15) is 11.6 Å². The Morgan fingerprint density at radius 3 is 2.60 bits per heavy atom. The maximum atomic E-state index is 13.3. The number of hydrogen-bond donors (Lipinski definition) is 3. The van der Waals surface area contributed by atoms with Crippen molar-refractivity contribution < 1.29 is 9.50 Å². The number of phenolic OH excluding ortho intramolecular Hbond substituents is 1. The van der Waals surface area contributed by atoms with Gasteiger partial charge in [0.25, 0.3) is 0 Å². The van der Waals surface area contributed by atoms with Crippen LogP contribution in [0.1, 0.15) is 24.4 Å². The van der Waals surface area contributed by atoms with Crippen LogP contribution in [0.2, 0.25) is 0 Å². The molecule has 5 heteroatoms. The summed E-state index contributed by atoms with van der Waals surface area (Å²) in [6.45, 7) is 0.549. The van der Waals surface area contributed by atoms with E-state index in [1.807, 2.05) is 0 Å². The molecule has 3 nitrogen and oxygen atoms in total. The van der Waals surface area contributed by atoms with Crippen molar-refractivity contribution in [2.75, 3.05) is 6.54 Å². The van der Waals surface area contributed by atoms with Crippen molar-refractivity contribution in [1.29, 1.82) is 0 Å². The lowest BCUT2D eigenvalue weighted by Gasteiger charge is -2.12. The molecule has 0 fully saturated rings. The smallest absolute Gasteiger partial charge is 0.131 e. The molecule has 1 atom stereocenters. The molecule has 0 aliphatic rings. The van der Waals surface area contributed by atoms with E-state index >= 15 is 0 Å². The zero-order valence-electron chi connectivity index (χ0n) is 8.32. The Kier molecular flexibility index (Phi) is 6.24.